The van der Waals surface area contributed by atoms with Crippen molar-refractivity contribution in [2.75, 3.05) is 6.54 Å². The third-order valence-corrected chi connectivity index (χ3v) is 6.67. The van der Waals surface area contributed by atoms with Crippen LogP contribution in [0.4, 0.5) is 0 Å². The van der Waals surface area contributed by atoms with E-state index in [0.717, 1.165) is 30.3 Å². The number of nitrogens with one attached hydrogen (secondary N) is 2. The van der Waals surface area contributed by atoms with Gasteiger partial charge in [0.15, 0.2) is 0 Å². The Morgan fingerprint density at radius 3 is 2.48 bits per heavy atom. The van der Waals surface area contributed by atoms with Gasteiger partial charge in [0.05, 0.1) is 4.90 Å². The Morgan fingerprint density at radius 2 is 1.80 bits per heavy atom. The molecule has 4 nitrogen and oxygen atoms in total. The molecule has 1 saturated carbocycles. The molecule has 2 aromatic carbocycles. The van der Waals surface area contributed by atoms with E-state index in [1.807, 2.05) is 36.5 Å². The fourth-order valence-corrected chi connectivity index (χ4v) is 4.55. The van der Waals surface area contributed by atoms with Crippen molar-refractivity contribution in [3.63, 3.8) is 0 Å². The average molecular weight is 354 g/mol. The number of hydrogen-bond acceptors (Lipinski definition) is 2. The molecule has 0 bridgehead atoms. The predicted octanol–water partition coefficient (Wildman–Crippen LogP) is 3.74. The first-order valence-electron chi connectivity index (χ1n) is 8.69. The minimum Gasteiger partial charge on any atom is -0.361 e. The van der Waals surface area contributed by atoms with Gasteiger partial charge in [-0.25, -0.2) is 13.1 Å². The Hall–Kier alpha value is -2.11. The van der Waals surface area contributed by atoms with Crippen LogP contribution in [-0.4, -0.2) is 19.9 Å². The number of fused-ring (bicyclic) bond motifs is 1. The molecular formula is C20H22N2O2S. The molecule has 3 aromatic rings. The van der Waals surface area contributed by atoms with Crippen molar-refractivity contribution in [2.45, 2.75) is 36.5 Å². The van der Waals surface area contributed by atoms with Gasteiger partial charge in [-0.2, -0.15) is 0 Å². The van der Waals surface area contributed by atoms with E-state index in [1.54, 1.807) is 12.1 Å². The van der Waals surface area contributed by atoms with Crippen molar-refractivity contribution >= 4 is 20.9 Å². The topological polar surface area (TPSA) is 62.0 Å². The van der Waals surface area contributed by atoms with Crippen LogP contribution in [0.1, 0.15) is 30.9 Å². The van der Waals surface area contributed by atoms with Gasteiger partial charge < -0.3 is 4.98 Å². The molecule has 0 radical (unpaired) electrons. The van der Waals surface area contributed by atoms with E-state index in [-0.39, 0.29) is 5.41 Å². The second kappa shape index (κ2) is 6.00. The van der Waals surface area contributed by atoms with Gasteiger partial charge in [-0.15, -0.1) is 0 Å². The number of sulfonamides is 1. The van der Waals surface area contributed by atoms with Crippen molar-refractivity contribution in [2.24, 2.45) is 0 Å². The number of aryl methyl sites for hydroxylation is 1. The number of aromatic amines is 1. The summed E-state index contributed by atoms with van der Waals surface area (Å²) >= 11 is 0. The molecule has 2 N–H and O–H groups in total. The van der Waals surface area contributed by atoms with E-state index >= 15 is 0 Å². The second-order valence-corrected chi connectivity index (χ2v) is 8.62. The van der Waals surface area contributed by atoms with Gasteiger partial charge in [0.1, 0.15) is 0 Å². The van der Waals surface area contributed by atoms with Gasteiger partial charge in [-0.1, -0.05) is 37.3 Å². The standard InChI is InChI=1S/C20H22N2O2S/c1-2-15-7-9-16(10-8-15)25(23,24)22-14-20(11-12-20)18-13-21-19-6-4-3-5-17(18)19/h3-10,13,21-22H,2,11-12,14H2,1H3. The summed E-state index contributed by atoms with van der Waals surface area (Å²) in [6, 6.07) is 15.3. The van der Waals surface area contributed by atoms with E-state index < -0.39 is 10.0 Å². The molecule has 0 amide bonds. The van der Waals surface area contributed by atoms with Crippen LogP contribution in [0.25, 0.3) is 10.9 Å². The van der Waals surface area contributed by atoms with E-state index in [1.165, 1.54) is 10.9 Å². The van der Waals surface area contributed by atoms with Crippen LogP contribution in [-0.2, 0) is 21.9 Å². The smallest absolute Gasteiger partial charge is 0.240 e. The fourth-order valence-electron chi connectivity index (χ4n) is 3.42. The van der Waals surface area contributed by atoms with Gasteiger partial charge in [-0.3, -0.25) is 0 Å². The number of benzene rings is 2. The third kappa shape index (κ3) is 2.98. The van der Waals surface area contributed by atoms with Crippen molar-refractivity contribution in [1.29, 1.82) is 0 Å². The normalized spacial score (nSPS) is 16.2. The number of aromatic nitrogens is 1. The van der Waals surface area contributed by atoms with Crippen LogP contribution in [0.2, 0.25) is 0 Å². The molecule has 1 aliphatic carbocycles. The fraction of sp³-hybridized carbons (Fsp3) is 0.300. The Morgan fingerprint density at radius 1 is 1.08 bits per heavy atom. The lowest BCUT2D eigenvalue weighted by atomic mass is 9.96. The molecule has 5 heteroatoms. The maximum absolute atomic E-state index is 12.6. The third-order valence-electron chi connectivity index (χ3n) is 5.26. The number of rotatable bonds is 6. The van der Waals surface area contributed by atoms with Crippen molar-refractivity contribution in [3.05, 3.63) is 65.9 Å². The summed E-state index contributed by atoms with van der Waals surface area (Å²) in [6.45, 7) is 2.49. The van der Waals surface area contributed by atoms with E-state index in [4.69, 9.17) is 0 Å². The minimum absolute atomic E-state index is 0.0873. The maximum Gasteiger partial charge on any atom is 0.240 e. The van der Waals surface area contributed by atoms with Gasteiger partial charge in [0, 0.05) is 29.1 Å². The molecular weight excluding hydrogens is 332 g/mol. The first-order valence-corrected chi connectivity index (χ1v) is 10.2. The highest BCUT2D eigenvalue weighted by molar-refractivity contribution is 7.89. The Kier molecular flexibility index (Phi) is 3.93. The molecule has 0 aliphatic heterocycles. The summed E-state index contributed by atoms with van der Waals surface area (Å²) in [7, 11) is -3.48. The van der Waals surface area contributed by atoms with Crippen LogP contribution in [0.15, 0.2) is 59.6 Å². The number of hydrogen-bond donors (Lipinski definition) is 2. The lowest BCUT2D eigenvalue weighted by Gasteiger charge is -2.16. The Balaban J connectivity index is 1.55. The molecule has 1 aliphatic rings. The number of H-pyrrole nitrogens is 1. The molecule has 1 fully saturated rings. The SMILES string of the molecule is CCc1ccc(S(=O)(=O)NCC2(c3c[nH]c4ccccc34)CC2)cc1. The van der Waals surface area contributed by atoms with E-state index in [0.29, 0.717) is 11.4 Å². The molecule has 0 spiro atoms. The zero-order valence-electron chi connectivity index (χ0n) is 14.2. The van der Waals surface area contributed by atoms with Crippen LogP contribution >= 0.6 is 0 Å². The van der Waals surface area contributed by atoms with Crippen molar-refractivity contribution < 1.29 is 8.42 Å². The van der Waals surface area contributed by atoms with Crippen molar-refractivity contribution in [1.82, 2.24) is 9.71 Å². The van der Waals surface area contributed by atoms with Gasteiger partial charge in [-0.05, 0) is 48.6 Å². The quantitative estimate of drug-likeness (QED) is 0.708. The highest BCUT2D eigenvalue weighted by Crippen LogP contribution is 2.50. The summed E-state index contributed by atoms with van der Waals surface area (Å²) in [4.78, 5) is 3.63. The lowest BCUT2D eigenvalue weighted by Crippen LogP contribution is -2.32. The molecule has 130 valence electrons. The second-order valence-electron chi connectivity index (χ2n) is 6.85. The molecule has 1 heterocycles. The van der Waals surface area contributed by atoms with Gasteiger partial charge in [0.25, 0.3) is 0 Å². The molecule has 1 aromatic heterocycles. The zero-order valence-corrected chi connectivity index (χ0v) is 15.1. The molecule has 25 heavy (non-hydrogen) atoms. The summed E-state index contributed by atoms with van der Waals surface area (Å²) in [5.74, 6) is 0. The zero-order chi connectivity index (χ0) is 17.5. The predicted molar refractivity (Wildman–Crippen MR) is 100 cm³/mol. The van der Waals surface area contributed by atoms with Crippen LogP contribution in [0, 0.1) is 0 Å². The van der Waals surface area contributed by atoms with Crippen LogP contribution in [0.3, 0.4) is 0 Å². The Bertz CT molecular complexity index is 1000. The van der Waals surface area contributed by atoms with Crippen LogP contribution in [0.5, 0.6) is 0 Å². The first kappa shape index (κ1) is 16.4. The van der Waals surface area contributed by atoms with E-state index in [9.17, 15) is 8.42 Å². The molecule has 0 saturated heterocycles. The summed E-state index contributed by atoms with van der Waals surface area (Å²) in [6.07, 6.45) is 4.94. The molecule has 0 atom stereocenters. The summed E-state index contributed by atoms with van der Waals surface area (Å²) in [5, 5.41) is 1.19. The summed E-state index contributed by atoms with van der Waals surface area (Å²) < 4.78 is 28.1. The largest absolute Gasteiger partial charge is 0.361 e. The molecule has 0 unspecified atom stereocenters. The lowest BCUT2D eigenvalue weighted by molar-refractivity contribution is 0.567. The highest BCUT2D eigenvalue weighted by Gasteiger charge is 2.46. The average Bonchev–Trinajstić information content (AvgIpc) is 3.31. The first-order chi connectivity index (χ1) is 12.0. The van der Waals surface area contributed by atoms with Crippen molar-refractivity contribution in [3.8, 4) is 0 Å². The van der Waals surface area contributed by atoms with Gasteiger partial charge >= 0.3 is 0 Å². The monoisotopic (exact) mass is 354 g/mol. The van der Waals surface area contributed by atoms with E-state index in [2.05, 4.69) is 22.7 Å². The Labute approximate surface area is 148 Å². The number of para-hydroxylation sites is 1. The highest BCUT2D eigenvalue weighted by atomic mass is 32.2. The maximum atomic E-state index is 12.6. The van der Waals surface area contributed by atoms with Gasteiger partial charge in [0.2, 0.25) is 10.0 Å². The minimum atomic E-state index is -3.48. The van der Waals surface area contributed by atoms with Crippen LogP contribution < -0.4 is 4.72 Å². The summed E-state index contributed by atoms with van der Waals surface area (Å²) in [5.41, 5.74) is 3.36. The molecule has 4 rings (SSSR count).